The molecule has 0 bridgehead atoms. The summed E-state index contributed by atoms with van der Waals surface area (Å²) in [7, 11) is 0. The second-order valence-corrected chi connectivity index (χ2v) is 4.86. The molecule has 0 aliphatic heterocycles. The number of ether oxygens (including phenoxy) is 1. The third-order valence-electron chi connectivity index (χ3n) is 3.32. The topological polar surface area (TPSA) is 73.2 Å². The Kier molecular flexibility index (Phi) is 5.52. The van der Waals surface area contributed by atoms with E-state index in [1.165, 1.54) is 0 Å². The predicted octanol–water partition coefficient (Wildman–Crippen LogP) is 1.67. The summed E-state index contributed by atoms with van der Waals surface area (Å²) in [6, 6.07) is 7.65. The highest BCUT2D eigenvalue weighted by Crippen LogP contribution is 2.16. The lowest BCUT2D eigenvalue weighted by atomic mass is 10.3. The van der Waals surface area contributed by atoms with Crippen LogP contribution >= 0.6 is 0 Å². The smallest absolute Gasteiger partial charge is 0.326 e. The molecule has 0 spiro atoms. The molecule has 2 rings (SSSR count). The minimum absolute atomic E-state index is 0.00746. The SMILES string of the molecule is CCOC(=O)Cn1c(CCNC(=O)CC)nc2ccccc21. The number of carbonyl (C=O) groups excluding carboxylic acids is 2. The van der Waals surface area contributed by atoms with Crippen molar-refractivity contribution in [3.05, 3.63) is 30.1 Å². The average molecular weight is 303 g/mol. The number of hydrogen-bond donors (Lipinski definition) is 1. The van der Waals surface area contributed by atoms with Gasteiger partial charge in [-0.25, -0.2) is 4.98 Å². The highest BCUT2D eigenvalue weighted by molar-refractivity contribution is 5.79. The maximum Gasteiger partial charge on any atom is 0.326 e. The Labute approximate surface area is 129 Å². The number of carbonyl (C=O) groups is 2. The van der Waals surface area contributed by atoms with Gasteiger partial charge in [-0.3, -0.25) is 9.59 Å². The number of rotatable bonds is 7. The van der Waals surface area contributed by atoms with E-state index in [4.69, 9.17) is 4.74 Å². The summed E-state index contributed by atoms with van der Waals surface area (Å²) in [5.74, 6) is 0.489. The summed E-state index contributed by atoms with van der Waals surface area (Å²) >= 11 is 0. The van der Waals surface area contributed by atoms with Crippen LogP contribution in [-0.2, 0) is 27.3 Å². The van der Waals surface area contributed by atoms with Crippen molar-refractivity contribution in [1.29, 1.82) is 0 Å². The third-order valence-corrected chi connectivity index (χ3v) is 3.32. The molecular weight excluding hydrogens is 282 g/mol. The van der Waals surface area contributed by atoms with Gasteiger partial charge in [0.15, 0.2) is 0 Å². The molecule has 0 aliphatic rings. The highest BCUT2D eigenvalue weighted by Gasteiger charge is 2.14. The molecule has 0 radical (unpaired) electrons. The number of amides is 1. The standard InChI is InChI=1S/C16H21N3O3/c1-3-15(20)17-10-9-14-18-12-7-5-6-8-13(12)19(14)11-16(21)22-4-2/h5-8H,3-4,9-11H2,1-2H3,(H,17,20). The lowest BCUT2D eigenvalue weighted by molar-refractivity contribution is -0.143. The summed E-state index contributed by atoms with van der Waals surface area (Å²) in [4.78, 5) is 27.7. The van der Waals surface area contributed by atoms with Gasteiger partial charge in [0.1, 0.15) is 12.4 Å². The monoisotopic (exact) mass is 303 g/mol. The number of para-hydroxylation sites is 2. The minimum atomic E-state index is -0.288. The van der Waals surface area contributed by atoms with Crippen molar-refractivity contribution < 1.29 is 14.3 Å². The molecule has 6 heteroatoms. The zero-order valence-corrected chi connectivity index (χ0v) is 13.0. The first-order chi connectivity index (χ1) is 10.7. The molecule has 1 N–H and O–H groups in total. The van der Waals surface area contributed by atoms with Gasteiger partial charge in [0.05, 0.1) is 17.6 Å². The molecule has 0 saturated heterocycles. The highest BCUT2D eigenvalue weighted by atomic mass is 16.5. The Morgan fingerprint density at radius 3 is 2.77 bits per heavy atom. The third kappa shape index (κ3) is 3.84. The summed E-state index contributed by atoms with van der Waals surface area (Å²) in [6.45, 7) is 4.58. The van der Waals surface area contributed by atoms with E-state index in [-0.39, 0.29) is 18.4 Å². The van der Waals surface area contributed by atoms with Gasteiger partial charge < -0.3 is 14.6 Å². The van der Waals surface area contributed by atoms with Crippen molar-refractivity contribution in [2.45, 2.75) is 33.2 Å². The quantitative estimate of drug-likeness (QED) is 0.790. The number of nitrogens with one attached hydrogen (secondary N) is 1. The summed E-state index contributed by atoms with van der Waals surface area (Å²) < 4.78 is 6.87. The van der Waals surface area contributed by atoms with Crippen LogP contribution in [0.25, 0.3) is 11.0 Å². The fourth-order valence-corrected chi connectivity index (χ4v) is 2.27. The molecule has 1 aromatic heterocycles. The first-order valence-corrected chi connectivity index (χ1v) is 7.52. The second kappa shape index (κ2) is 7.59. The van der Waals surface area contributed by atoms with Crippen molar-refractivity contribution in [2.75, 3.05) is 13.2 Å². The van der Waals surface area contributed by atoms with Gasteiger partial charge in [0.2, 0.25) is 5.91 Å². The van der Waals surface area contributed by atoms with E-state index in [1.807, 2.05) is 35.8 Å². The van der Waals surface area contributed by atoms with Crippen molar-refractivity contribution in [2.24, 2.45) is 0 Å². The molecule has 1 heterocycles. The molecule has 1 aromatic carbocycles. The lowest BCUT2D eigenvalue weighted by Crippen LogP contribution is -2.26. The maximum absolute atomic E-state index is 11.8. The molecule has 118 valence electrons. The molecule has 0 atom stereocenters. The van der Waals surface area contributed by atoms with Crippen molar-refractivity contribution in [3.63, 3.8) is 0 Å². The predicted molar refractivity (Wildman–Crippen MR) is 83.4 cm³/mol. The van der Waals surface area contributed by atoms with Crippen LogP contribution < -0.4 is 5.32 Å². The first kappa shape index (κ1) is 16.0. The van der Waals surface area contributed by atoms with E-state index in [2.05, 4.69) is 10.3 Å². The first-order valence-electron chi connectivity index (χ1n) is 7.52. The van der Waals surface area contributed by atoms with E-state index in [9.17, 15) is 9.59 Å². The fourth-order valence-electron chi connectivity index (χ4n) is 2.27. The Morgan fingerprint density at radius 2 is 2.05 bits per heavy atom. The van der Waals surface area contributed by atoms with Gasteiger partial charge in [-0.15, -0.1) is 0 Å². The van der Waals surface area contributed by atoms with Crippen LogP contribution in [0.1, 0.15) is 26.1 Å². The number of hydrogen-bond acceptors (Lipinski definition) is 4. The molecule has 1 amide bonds. The number of aromatic nitrogens is 2. The number of benzene rings is 1. The van der Waals surface area contributed by atoms with Gasteiger partial charge in [-0.05, 0) is 19.1 Å². The molecule has 0 saturated carbocycles. The van der Waals surface area contributed by atoms with Crippen LogP contribution in [-0.4, -0.2) is 34.6 Å². The van der Waals surface area contributed by atoms with E-state index in [0.29, 0.717) is 26.0 Å². The average Bonchev–Trinajstić information content (AvgIpc) is 2.85. The van der Waals surface area contributed by atoms with Crippen LogP contribution in [0.5, 0.6) is 0 Å². The molecule has 2 aromatic rings. The number of imidazole rings is 1. The summed E-state index contributed by atoms with van der Waals surface area (Å²) in [5.41, 5.74) is 1.73. The Hall–Kier alpha value is -2.37. The number of fused-ring (bicyclic) bond motifs is 1. The van der Waals surface area contributed by atoms with Crippen LogP contribution in [0.3, 0.4) is 0 Å². The molecular formula is C16H21N3O3. The molecule has 6 nitrogen and oxygen atoms in total. The van der Waals surface area contributed by atoms with Crippen molar-refractivity contribution in [3.8, 4) is 0 Å². The van der Waals surface area contributed by atoms with Gasteiger partial charge in [-0.2, -0.15) is 0 Å². The van der Waals surface area contributed by atoms with Gasteiger partial charge >= 0.3 is 5.97 Å². The number of nitrogens with zero attached hydrogens (tertiary/aromatic N) is 2. The maximum atomic E-state index is 11.8. The van der Waals surface area contributed by atoms with E-state index in [1.54, 1.807) is 6.92 Å². The van der Waals surface area contributed by atoms with Gasteiger partial charge in [0.25, 0.3) is 0 Å². The Bertz CT molecular complexity index is 664. The zero-order valence-electron chi connectivity index (χ0n) is 13.0. The largest absolute Gasteiger partial charge is 0.465 e. The summed E-state index contributed by atoms with van der Waals surface area (Å²) in [5, 5.41) is 2.82. The Morgan fingerprint density at radius 1 is 1.27 bits per heavy atom. The zero-order chi connectivity index (χ0) is 15.9. The van der Waals surface area contributed by atoms with Crippen LogP contribution in [0.15, 0.2) is 24.3 Å². The van der Waals surface area contributed by atoms with Crippen LogP contribution in [0, 0.1) is 0 Å². The van der Waals surface area contributed by atoms with E-state index < -0.39 is 0 Å². The van der Waals surface area contributed by atoms with E-state index in [0.717, 1.165) is 16.9 Å². The van der Waals surface area contributed by atoms with Crippen molar-refractivity contribution >= 4 is 22.9 Å². The molecule has 0 fully saturated rings. The molecule has 0 aliphatic carbocycles. The second-order valence-electron chi connectivity index (χ2n) is 4.86. The number of esters is 1. The minimum Gasteiger partial charge on any atom is -0.465 e. The van der Waals surface area contributed by atoms with Gasteiger partial charge in [-0.1, -0.05) is 19.1 Å². The van der Waals surface area contributed by atoms with E-state index >= 15 is 0 Å². The van der Waals surface area contributed by atoms with Crippen LogP contribution in [0.2, 0.25) is 0 Å². The fraction of sp³-hybridized carbons (Fsp3) is 0.438. The van der Waals surface area contributed by atoms with Gasteiger partial charge in [0, 0.05) is 19.4 Å². The normalized spacial score (nSPS) is 10.6. The molecule has 22 heavy (non-hydrogen) atoms. The summed E-state index contributed by atoms with van der Waals surface area (Å²) in [6.07, 6.45) is 1.03. The lowest BCUT2D eigenvalue weighted by Gasteiger charge is -2.09. The van der Waals surface area contributed by atoms with Crippen molar-refractivity contribution in [1.82, 2.24) is 14.9 Å². The Balaban J connectivity index is 2.19. The van der Waals surface area contributed by atoms with Crippen LogP contribution in [0.4, 0.5) is 0 Å². The molecule has 0 unspecified atom stereocenters.